The molecule has 2 rings (SSSR count). The lowest BCUT2D eigenvalue weighted by Crippen LogP contribution is -2.08. The molecule has 0 N–H and O–H groups in total. The number of ketones is 1. The molecular formula is C14H8BrF3O. The van der Waals surface area contributed by atoms with Crippen molar-refractivity contribution >= 4 is 21.7 Å². The summed E-state index contributed by atoms with van der Waals surface area (Å²) in [5.41, 5.74) is -0.104. The molecule has 0 unspecified atom stereocenters. The maximum absolute atomic E-state index is 13.4. The first-order valence-electron chi connectivity index (χ1n) is 5.40. The average Bonchev–Trinajstić information content (AvgIpc) is 2.33. The number of halogens is 4. The Balaban J connectivity index is 2.31. The summed E-state index contributed by atoms with van der Waals surface area (Å²) in [6.07, 6.45) is -0.414. The summed E-state index contributed by atoms with van der Waals surface area (Å²) in [4.78, 5) is 12.0. The van der Waals surface area contributed by atoms with Crippen LogP contribution in [0.1, 0.15) is 15.9 Å². The summed E-state index contributed by atoms with van der Waals surface area (Å²) in [5, 5.41) is 0. The Morgan fingerprint density at radius 1 is 1.05 bits per heavy atom. The Kier molecular flexibility index (Phi) is 4.04. The molecule has 1 nitrogen and oxygen atoms in total. The van der Waals surface area contributed by atoms with E-state index in [1.54, 1.807) is 0 Å². The van der Waals surface area contributed by atoms with Crippen LogP contribution in [0.4, 0.5) is 13.2 Å². The van der Waals surface area contributed by atoms with E-state index in [1.165, 1.54) is 12.1 Å². The van der Waals surface area contributed by atoms with Crippen LogP contribution < -0.4 is 0 Å². The number of carbonyl (C=O) groups excluding carboxylic acids is 1. The number of hydrogen-bond acceptors (Lipinski definition) is 1. The van der Waals surface area contributed by atoms with Crippen LogP contribution in [-0.2, 0) is 6.42 Å². The first kappa shape index (κ1) is 13.8. The number of rotatable bonds is 3. The molecule has 98 valence electrons. The second-order valence-corrected chi connectivity index (χ2v) is 4.78. The molecule has 0 heterocycles. The fraction of sp³-hybridized carbons (Fsp3) is 0.0714. The van der Waals surface area contributed by atoms with Gasteiger partial charge in [-0.2, -0.15) is 0 Å². The largest absolute Gasteiger partial charge is 0.294 e. The third kappa shape index (κ3) is 3.04. The van der Waals surface area contributed by atoms with Crippen molar-refractivity contribution in [2.75, 3.05) is 0 Å². The highest BCUT2D eigenvalue weighted by atomic mass is 79.9. The highest BCUT2D eigenvalue weighted by molar-refractivity contribution is 9.10. The lowest BCUT2D eigenvalue weighted by molar-refractivity contribution is 0.0989. The highest BCUT2D eigenvalue weighted by Gasteiger charge is 2.16. The topological polar surface area (TPSA) is 17.1 Å². The van der Waals surface area contributed by atoms with Crippen LogP contribution >= 0.6 is 15.9 Å². The van der Waals surface area contributed by atoms with E-state index < -0.39 is 29.7 Å². The smallest absolute Gasteiger partial charge is 0.168 e. The van der Waals surface area contributed by atoms with Gasteiger partial charge in [0.1, 0.15) is 17.5 Å². The second kappa shape index (κ2) is 5.57. The van der Waals surface area contributed by atoms with Crippen molar-refractivity contribution in [3.8, 4) is 0 Å². The standard InChI is InChI=1S/C14H8BrF3O/c15-11-6-8(16)4-5-9(11)14(19)7-10-12(17)2-1-3-13(10)18/h1-6H,7H2. The summed E-state index contributed by atoms with van der Waals surface area (Å²) >= 11 is 3.05. The van der Waals surface area contributed by atoms with Gasteiger partial charge < -0.3 is 0 Å². The van der Waals surface area contributed by atoms with Gasteiger partial charge in [0, 0.05) is 22.0 Å². The van der Waals surface area contributed by atoms with Gasteiger partial charge in [0.2, 0.25) is 0 Å². The molecule has 2 aromatic rings. The molecule has 0 aliphatic heterocycles. The fourth-order valence-electron chi connectivity index (χ4n) is 1.67. The molecule has 0 aliphatic carbocycles. The molecule has 0 saturated carbocycles. The zero-order chi connectivity index (χ0) is 14.0. The molecule has 0 spiro atoms. The number of hydrogen-bond donors (Lipinski definition) is 0. The first-order valence-corrected chi connectivity index (χ1v) is 6.19. The van der Waals surface area contributed by atoms with E-state index in [2.05, 4.69) is 15.9 Å². The maximum atomic E-state index is 13.4. The van der Waals surface area contributed by atoms with Crippen LogP contribution in [-0.4, -0.2) is 5.78 Å². The van der Waals surface area contributed by atoms with Crippen molar-refractivity contribution in [3.63, 3.8) is 0 Å². The predicted molar refractivity (Wildman–Crippen MR) is 68.5 cm³/mol. The molecule has 0 fully saturated rings. The van der Waals surface area contributed by atoms with Crippen LogP contribution in [0.5, 0.6) is 0 Å². The lowest BCUT2D eigenvalue weighted by Gasteiger charge is -2.06. The van der Waals surface area contributed by atoms with Gasteiger partial charge in [0.15, 0.2) is 5.78 Å². The van der Waals surface area contributed by atoms with Gasteiger partial charge in [-0.3, -0.25) is 4.79 Å². The molecule has 0 bridgehead atoms. The van der Waals surface area contributed by atoms with E-state index >= 15 is 0 Å². The summed E-state index contributed by atoms with van der Waals surface area (Å²) in [7, 11) is 0. The molecule has 2 aromatic carbocycles. The normalized spacial score (nSPS) is 10.5. The Bertz CT molecular complexity index is 620. The molecule has 5 heteroatoms. The van der Waals surface area contributed by atoms with Gasteiger partial charge in [0.25, 0.3) is 0 Å². The Morgan fingerprint density at radius 3 is 2.26 bits per heavy atom. The minimum Gasteiger partial charge on any atom is -0.294 e. The average molecular weight is 329 g/mol. The van der Waals surface area contributed by atoms with Gasteiger partial charge in [-0.15, -0.1) is 0 Å². The van der Waals surface area contributed by atoms with E-state index in [-0.39, 0.29) is 15.6 Å². The third-order valence-corrected chi connectivity index (χ3v) is 3.29. The SMILES string of the molecule is O=C(Cc1c(F)cccc1F)c1ccc(F)cc1Br. The van der Waals surface area contributed by atoms with Crippen molar-refractivity contribution in [1.29, 1.82) is 0 Å². The van der Waals surface area contributed by atoms with E-state index in [4.69, 9.17) is 0 Å². The van der Waals surface area contributed by atoms with Crippen LogP contribution in [0.3, 0.4) is 0 Å². The fourth-order valence-corrected chi connectivity index (χ4v) is 2.24. The highest BCUT2D eigenvalue weighted by Crippen LogP contribution is 2.21. The Hall–Kier alpha value is -1.62. The summed E-state index contributed by atoms with van der Waals surface area (Å²) in [6.45, 7) is 0. The molecule has 19 heavy (non-hydrogen) atoms. The molecule has 0 radical (unpaired) electrons. The Labute approximate surface area is 116 Å². The predicted octanol–water partition coefficient (Wildman–Crippen LogP) is 4.29. The zero-order valence-corrected chi connectivity index (χ0v) is 11.2. The van der Waals surface area contributed by atoms with Crippen LogP contribution in [0.25, 0.3) is 0 Å². The third-order valence-electron chi connectivity index (χ3n) is 2.63. The lowest BCUT2D eigenvalue weighted by atomic mass is 10.0. The summed E-state index contributed by atoms with van der Waals surface area (Å²) in [5.74, 6) is -2.53. The number of benzene rings is 2. The van der Waals surface area contributed by atoms with Crippen molar-refractivity contribution in [2.24, 2.45) is 0 Å². The van der Waals surface area contributed by atoms with Crippen LogP contribution in [0.15, 0.2) is 40.9 Å². The van der Waals surface area contributed by atoms with Crippen LogP contribution in [0, 0.1) is 17.5 Å². The molecule has 0 atom stereocenters. The quantitative estimate of drug-likeness (QED) is 0.768. The monoisotopic (exact) mass is 328 g/mol. The van der Waals surface area contributed by atoms with E-state index in [1.807, 2.05) is 0 Å². The van der Waals surface area contributed by atoms with Gasteiger partial charge in [-0.1, -0.05) is 6.07 Å². The minimum absolute atomic E-state index is 0.184. The number of Topliss-reactive ketones (excluding diaryl/α,β-unsaturated/α-hetero) is 1. The number of carbonyl (C=O) groups is 1. The minimum atomic E-state index is -0.772. The van der Waals surface area contributed by atoms with Crippen LogP contribution in [0.2, 0.25) is 0 Å². The molecular weight excluding hydrogens is 321 g/mol. The van der Waals surface area contributed by atoms with E-state index in [0.29, 0.717) is 0 Å². The second-order valence-electron chi connectivity index (χ2n) is 3.92. The zero-order valence-electron chi connectivity index (χ0n) is 9.59. The van der Waals surface area contributed by atoms with Gasteiger partial charge >= 0.3 is 0 Å². The molecule has 0 saturated heterocycles. The Morgan fingerprint density at radius 2 is 1.68 bits per heavy atom. The van der Waals surface area contributed by atoms with E-state index in [9.17, 15) is 18.0 Å². The van der Waals surface area contributed by atoms with Crippen molar-refractivity contribution in [2.45, 2.75) is 6.42 Å². The molecule has 0 aromatic heterocycles. The van der Waals surface area contributed by atoms with Crippen molar-refractivity contribution < 1.29 is 18.0 Å². The molecule has 0 aliphatic rings. The molecule has 0 amide bonds. The van der Waals surface area contributed by atoms with Gasteiger partial charge in [0.05, 0.1) is 0 Å². The van der Waals surface area contributed by atoms with Gasteiger partial charge in [-0.25, -0.2) is 13.2 Å². The van der Waals surface area contributed by atoms with Gasteiger partial charge in [-0.05, 0) is 46.3 Å². The van der Waals surface area contributed by atoms with Crippen molar-refractivity contribution in [1.82, 2.24) is 0 Å². The first-order chi connectivity index (χ1) is 8.99. The maximum Gasteiger partial charge on any atom is 0.168 e. The van der Waals surface area contributed by atoms with E-state index in [0.717, 1.165) is 24.3 Å². The summed E-state index contributed by atoms with van der Waals surface area (Å²) in [6, 6.07) is 6.93. The van der Waals surface area contributed by atoms with Crippen molar-refractivity contribution in [3.05, 3.63) is 69.4 Å². The summed E-state index contributed by atoms with van der Waals surface area (Å²) < 4.78 is 40.0.